The van der Waals surface area contributed by atoms with Gasteiger partial charge in [0.2, 0.25) is 0 Å². The smallest absolute Gasteiger partial charge is 0.789 e. The molecule has 0 aromatic carbocycles. The molecule has 0 fully saturated rings. The minimum Gasteiger partial charge on any atom is -0.789 e. The van der Waals surface area contributed by atoms with Crippen molar-refractivity contribution < 1.29 is 75.1 Å². The van der Waals surface area contributed by atoms with Crippen LogP contribution in [0, 0.1) is 0 Å². The summed E-state index contributed by atoms with van der Waals surface area (Å²) < 4.78 is 21.7. The van der Waals surface area contributed by atoms with Crippen molar-refractivity contribution in [3.63, 3.8) is 0 Å². The summed E-state index contributed by atoms with van der Waals surface area (Å²) >= 11 is 0. The molecule has 0 saturated carbocycles. The maximum atomic E-state index is 9.55. The minimum absolute atomic E-state index is 0. The molecule has 0 aliphatic carbocycles. The maximum Gasteiger partial charge on any atom is 2.00 e. The molecule has 0 rings (SSSR count). The van der Waals surface area contributed by atoms with E-state index in [9.17, 15) is 18.9 Å². The number of rotatable bonds is 2. The zero-order valence-electron chi connectivity index (χ0n) is 5.62. The molecule has 13 heteroatoms. The fourth-order valence-corrected chi connectivity index (χ4v) is 1.17. The van der Waals surface area contributed by atoms with Gasteiger partial charge in [0, 0.05) is 0 Å². The van der Waals surface area contributed by atoms with Crippen LogP contribution in [0.3, 0.4) is 0 Å². The van der Waals surface area contributed by atoms with E-state index in [-0.39, 0.29) is 54.4 Å². The van der Waals surface area contributed by atoms with E-state index < -0.39 is 15.6 Å². The molecule has 0 radical (unpaired) electrons. The molecule has 0 amide bonds. The molecule has 0 aliphatic heterocycles. The Morgan fingerprint density at radius 2 is 1.23 bits per heavy atom. The summed E-state index contributed by atoms with van der Waals surface area (Å²) in [6.45, 7) is 0. The van der Waals surface area contributed by atoms with E-state index in [1.165, 1.54) is 0 Å². The van der Waals surface area contributed by atoms with Crippen molar-refractivity contribution in [2.24, 2.45) is 0 Å². The molecule has 9 nitrogen and oxygen atoms in total. The molecule has 6 N–H and O–H groups in total. The number of nitrogens with two attached hydrogens (primary N) is 2. The Bertz CT molecular complexity index is 163. The second kappa shape index (κ2) is 10.1. The number of hydrogen-bond donors (Lipinski definition) is 2. The molecular weight excluding hydrogens is 592 g/mol. The van der Waals surface area contributed by atoms with Crippen LogP contribution in [0.5, 0.6) is 0 Å². The van der Waals surface area contributed by atoms with Crippen LogP contribution >= 0.6 is 15.6 Å². The first-order valence-electron chi connectivity index (χ1n) is 1.50. The predicted octanol–water partition coefficient (Wildman–Crippen LogP) is -0.646. The van der Waals surface area contributed by atoms with Crippen LogP contribution in [0.15, 0.2) is 0 Å². The molecule has 88 valence electrons. The third-order valence-electron chi connectivity index (χ3n) is 0.206. The molecule has 0 atom stereocenters. The van der Waals surface area contributed by atoms with Gasteiger partial charge in [-0.2, -0.15) is 0 Å². The van der Waals surface area contributed by atoms with Gasteiger partial charge in [-0.1, -0.05) is 0 Å². The third kappa shape index (κ3) is 31.7. The third-order valence-corrected chi connectivity index (χ3v) is 1.86. The SMILES string of the molecule is O=P([O-])([O-])OP(=O)(O)O.[NH2-].[NH2-].[Pt+2].[Pt+2]. The van der Waals surface area contributed by atoms with Crippen molar-refractivity contribution in [2.45, 2.75) is 0 Å². The van der Waals surface area contributed by atoms with Gasteiger partial charge in [-0.25, -0.2) is 4.57 Å². The van der Waals surface area contributed by atoms with E-state index in [4.69, 9.17) is 9.79 Å². The van der Waals surface area contributed by atoms with Crippen molar-refractivity contribution >= 4 is 15.6 Å². The summed E-state index contributed by atoms with van der Waals surface area (Å²) in [5.74, 6) is 0. The fraction of sp³-hybridized carbons (Fsp3) is 0. The summed E-state index contributed by atoms with van der Waals surface area (Å²) in [4.78, 5) is 34.1. The second-order valence-corrected chi connectivity index (χ2v) is 3.55. The summed E-state index contributed by atoms with van der Waals surface area (Å²) in [5, 5.41) is 0. The van der Waals surface area contributed by atoms with Crippen LogP contribution in [-0.2, 0) is 55.6 Å². The average Bonchev–Trinajstić information content (AvgIpc) is 1.14. The fourth-order valence-electron chi connectivity index (χ4n) is 0.130. The maximum absolute atomic E-state index is 9.55. The molecule has 0 bridgehead atoms. The predicted molar refractivity (Wildman–Crippen MR) is 31.3 cm³/mol. The standard InChI is InChI=1S/2H2N.H4O7P2.2Pt/c;;1-8(2,3)7-9(4,5)6;;/h2*1H2;(H2,1,2,3)(H2,4,5,6);;/q2*-1;;2*+2/p-2. The van der Waals surface area contributed by atoms with E-state index in [2.05, 4.69) is 4.31 Å². The van der Waals surface area contributed by atoms with Crippen molar-refractivity contribution in [2.75, 3.05) is 0 Å². The van der Waals surface area contributed by atoms with E-state index in [0.717, 1.165) is 0 Å². The first kappa shape index (κ1) is 29.3. The monoisotopic (exact) mass is 598 g/mol. The zero-order valence-corrected chi connectivity index (χ0v) is 12.0. The minimum atomic E-state index is -5.55. The van der Waals surface area contributed by atoms with Crippen LogP contribution in [-0.4, -0.2) is 9.79 Å². The van der Waals surface area contributed by atoms with Crippen molar-refractivity contribution in [3.05, 3.63) is 12.3 Å². The van der Waals surface area contributed by atoms with Crippen LogP contribution in [0.4, 0.5) is 0 Å². The Kier molecular flexibility index (Phi) is 22.7. The first-order chi connectivity index (χ1) is 3.71. The summed E-state index contributed by atoms with van der Waals surface area (Å²) in [5.41, 5.74) is 0. The van der Waals surface area contributed by atoms with Gasteiger partial charge in [0.15, 0.2) is 0 Å². The van der Waals surface area contributed by atoms with Gasteiger partial charge in [-0.05, 0) is 0 Å². The molecule has 0 unspecified atom stereocenters. The summed E-state index contributed by atoms with van der Waals surface area (Å²) in [6.07, 6.45) is 0. The zero-order chi connectivity index (χ0) is 7.71. The van der Waals surface area contributed by atoms with Crippen LogP contribution < -0.4 is 9.79 Å². The van der Waals surface area contributed by atoms with Crippen molar-refractivity contribution in [1.29, 1.82) is 0 Å². The van der Waals surface area contributed by atoms with Crippen LogP contribution in [0.25, 0.3) is 12.3 Å². The molecular formula is H6N2O7P2Pt2. The van der Waals surface area contributed by atoms with E-state index in [1.807, 2.05) is 0 Å². The molecule has 0 aromatic heterocycles. The van der Waals surface area contributed by atoms with Gasteiger partial charge >= 0.3 is 50.0 Å². The van der Waals surface area contributed by atoms with Gasteiger partial charge in [0.25, 0.3) is 0 Å². The number of hydrogen-bond acceptors (Lipinski definition) is 5. The summed E-state index contributed by atoms with van der Waals surface area (Å²) in [6, 6.07) is 0. The first-order valence-corrected chi connectivity index (χ1v) is 4.49. The molecule has 0 saturated heterocycles. The van der Waals surface area contributed by atoms with Gasteiger partial charge < -0.3 is 36.4 Å². The largest absolute Gasteiger partial charge is 2.00 e. The number of phosphoric acid groups is 2. The molecule has 13 heavy (non-hydrogen) atoms. The quantitative estimate of drug-likeness (QED) is 0.394. The van der Waals surface area contributed by atoms with E-state index >= 15 is 0 Å². The Balaban J connectivity index is -0.0000000533. The second-order valence-electron chi connectivity index (χ2n) is 1.02. The molecule has 0 spiro atoms. The molecule has 0 aromatic rings. The summed E-state index contributed by atoms with van der Waals surface area (Å²) in [7, 11) is -10.7. The van der Waals surface area contributed by atoms with E-state index in [1.54, 1.807) is 0 Å². The van der Waals surface area contributed by atoms with Gasteiger partial charge in [0.1, 0.15) is 0 Å². The normalized spacial score (nSPS) is 9.54. The van der Waals surface area contributed by atoms with Gasteiger partial charge in [-0.3, -0.25) is 4.31 Å². The Labute approximate surface area is 103 Å². The van der Waals surface area contributed by atoms with Crippen molar-refractivity contribution in [3.8, 4) is 0 Å². The molecule has 0 heterocycles. The van der Waals surface area contributed by atoms with Crippen LogP contribution in [0.2, 0.25) is 0 Å². The Morgan fingerprint density at radius 3 is 1.23 bits per heavy atom. The van der Waals surface area contributed by atoms with Crippen molar-refractivity contribution in [1.82, 2.24) is 0 Å². The van der Waals surface area contributed by atoms with Crippen LogP contribution in [0.1, 0.15) is 0 Å². The average molecular weight is 598 g/mol. The topological polar surface area (TPSA) is 197 Å². The van der Waals surface area contributed by atoms with Gasteiger partial charge in [0.05, 0.1) is 7.82 Å². The Morgan fingerprint density at radius 1 is 1.00 bits per heavy atom. The molecule has 0 aliphatic rings. The Hall–Kier alpha value is 1.56. The van der Waals surface area contributed by atoms with Gasteiger partial charge in [-0.15, -0.1) is 0 Å². The van der Waals surface area contributed by atoms with E-state index in [0.29, 0.717) is 0 Å².